The van der Waals surface area contributed by atoms with E-state index in [0.29, 0.717) is 18.4 Å². The molecule has 0 spiro atoms. The third-order valence-electron chi connectivity index (χ3n) is 9.77. The van der Waals surface area contributed by atoms with Crippen LogP contribution in [0.5, 0.6) is 5.75 Å². The molecule has 1 saturated heterocycles. The largest absolute Gasteiger partial charge is 0.508 e. The number of fused-ring (bicyclic) bond motifs is 6. The minimum atomic E-state index is -2.92. The van der Waals surface area contributed by atoms with Crippen molar-refractivity contribution in [2.75, 3.05) is 14.1 Å². The fourth-order valence-electron chi connectivity index (χ4n) is 8.21. The van der Waals surface area contributed by atoms with Crippen LogP contribution < -0.4 is 5.73 Å². The summed E-state index contributed by atoms with van der Waals surface area (Å²) < 4.78 is 6.14. The number of carbonyl (C=O) groups is 4. The van der Waals surface area contributed by atoms with Crippen molar-refractivity contribution in [2.45, 2.75) is 55.8 Å². The number of aliphatic hydroxyl groups excluding tert-OH is 2. The number of phenolic OH excluding ortho intramolecular Hbond substituents is 1. The summed E-state index contributed by atoms with van der Waals surface area (Å²) in [6.07, 6.45) is 2.35. The van der Waals surface area contributed by atoms with Crippen LogP contribution in [0.4, 0.5) is 0 Å². The number of likely N-dealkylation sites (N-methyl/N-ethyl adjacent to an activating group) is 1. The minimum absolute atomic E-state index is 0.0138. The van der Waals surface area contributed by atoms with Crippen molar-refractivity contribution in [3.05, 3.63) is 46.2 Å². The van der Waals surface area contributed by atoms with Crippen LogP contribution in [0, 0.1) is 23.7 Å². The first-order valence-electron chi connectivity index (χ1n) is 13.6. The number of carbonyl (C=O) groups excluding carboxylic acids is 4. The lowest BCUT2D eigenvalue weighted by Gasteiger charge is -2.54. The SMILES string of the molecule is CN(C)[C@@H]1C(=O)C(C(N)=O)=C(O)[C@@]2(O)C(=O)C3=C(O)c4c(O)cccc4[C@@H]4C5CCCCCC5C(=O)O[C@@H]([C@@H]34)[C@@H]12. The lowest BCUT2D eigenvalue weighted by Crippen LogP contribution is -2.71. The monoisotopic (exact) mass is 552 g/mol. The average Bonchev–Trinajstić information content (AvgIpc) is 3.19. The summed E-state index contributed by atoms with van der Waals surface area (Å²) in [7, 11) is 3.01. The van der Waals surface area contributed by atoms with Crippen LogP contribution in [0.25, 0.3) is 5.76 Å². The molecule has 0 radical (unpaired) electrons. The van der Waals surface area contributed by atoms with Crippen LogP contribution in [0.2, 0.25) is 0 Å². The van der Waals surface area contributed by atoms with Crippen LogP contribution in [-0.2, 0) is 23.9 Å². The molecule has 6 rings (SSSR count). The highest BCUT2D eigenvalue weighted by atomic mass is 16.5. The number of hydrogen-bond donors (Lipinski definition) is 5. The van der Waals surface area contributed by atoms with Crippen LogP contribution in [0.1, 0.15) is 49.1 Å². The number of esters is 1. The summed E-state index contributed by atoms with van der Waals surface area (Å²) >= 11 is 0. The van der Waals surface area contributed by atoms with Gasteiger partial charge >= 0.3 is 5.97 Å². The van der Waals surface area contributed by atoms with Crippen molar-refractivity contribution < 1.29 is 44.3 Å². The number of aliphatic hydroxyl groups is 3. The van der Waals surface area contributed by atoms with E-state index in [1.54, 1.807) is 12.1 Å². The number of hydrogen-bond acceptors (Lipinski definition) is 10. The third kappa shape index (κ3) is 3.24. The molecular formula is C29H32N2O9. The van der Waals surface area contributed by atoms with Gasteiger partial charge in [0.25, 0.3) is 5.91 Å². The van der Waals surface area contributed by atoms with Crippen molar-refractivity contribution in [1.29, 1.82) is 0 Å². The minimum Gasteiger partial charge on any atom is -0.508 e. The number of phenols is 1. The molecule has 1 aromatic carbocycles. The molecule has 1 aliphatic heterocycles. The van der Waals surface area contributed by atoms with Gasteiger partial charge in [-0.25, -0.2) is 0 Å². The zero-order chi connectivity index (χ0) is 28.8. The van der Waals surface area contributed by atoms with E-state index in [1.165, 1.54) is 25.1 Å². The number of nitrogens with zero attached hydrogens (tertiary/aromatic N) is 1. The summed E-state index contributed by atoms with van der Waals surface area (Å²) in [6, 6.07) is 3.36. The fraction of sp³-hybridized carbons (Fsp3) is 0.517. The maximum atomic E-state index is 14.4. The van der Waals surface area contributed by atoms with Gasteiger partial charge in [0, 0.05) is 11.5 Å². The van der Waals surface area contributed by atoms with Crippen LogP contribution >= 0.6 is 0 Å². The summed E-state index contributed by atoms with van der Waals surface area (Å²) in [5.74, 6) is -9.99. The molecule has 1 heterocycles. The Morgan fingerprint density at radius 1 is 1.05 bits per heavy atom. The summed E-state index contributed by atoms with van der Waals surface area (Å²) in [5.41, 5.74) is 1.82. The highest BCUT2D eigenvalue weighted by Crippen LogP contribution is 2.61. The number of ketones is 2. The van der Waals surface area contributed by atoms with E-state index in [0.717, 1.165) is 19.3 Å². The molecule has 212 valence electrons. The molecule has 4 aliphatic carbocycles. The highest BCUT2D eigenvalue weighted by molar-refractivity contribution is 6.24. The van der Waals surface area contributed by atoms with E-state index >= 15 is 0 Å². The zero-order valence-electron chi connectivity index (χ0n) is 22.2. The second-order valence-electron chi connectivity index (χ2n) is 11.8. The molecule has 0 aromatic heterocycles. The Hall–Kier alpha value is -3.70. The lowest BCUT2D eigenvalue weighted by molar-refractivity contribution is -0.184. The Bertz CT molecular complexity index is 1430. The maximum Gasteiger partial charge on any atom is 0.309 e. The summed E-state index contributed by atoms with van der Waals surface area (Å²) in [6.45, 7) is 0. The molecule has 6 N–H and O–H groups in total. The van der Waals surface area contributed by atoms with Gasteiger partial charge in [0.2, 0.25) is 5.78 Å². The van der Waals surface area contributed by atoms with Gasteiger partial charge < -0.3 is 30.9 Å². The molecule has 5 aliphatic rings. The van der Waals surface area contributed by atoms with Gasteiger partial charge in [0.15, 0.2) is 11.4 Å². The molecule has 11 nitrogen and oxygen atoms in total. The molecule has 2 saturated carbocycles. The van der Waals surface area contributed by atoms with Crippen molar-refractivity contribution >= 4 is 29.2 Å². The van der Waals surface area contributed by atoms with Gasteiger partial charge in [-0.15, -0.1) is 0 Å². The Morgan fingerprint density at radius 2 is 1.75 bits per heavy atom. The Kier molecular flexibility index (Phi) is 5.90. The molecule has 11 heteroatoms. The number of ether oxygens (including phenoxy) is 1. The van der Waals surface area contributed by atoms with Crippen molar-refractivity contribution in [3.8, 4) is 5.75 Å². The molecular weight excluding hydrogens is 520 g/mol. The first kappa shape index (κ1) is 26.5. The zero-order valence-corrected chi connectivity index (χ0v) is 22.2. The number of primary amides is 1. The number of aromatic hydroxyl groups is 1. The fourth-order valence-corrected chi connectivity index (χ4v) is 8.21. The number of benzene rings is 1. The molecule has 0 bridgehead atoms. The first-order chi connectivity index (χ1) is 18.9. The predicted molar refractivity (Wildman–Crippen MR) is 139 cm³/mol. The number of Topliss-reactive ketones (excluding diaryl/α,β-unsaturated/α-hetero) is 2. The molecule has 40 heavy (non-hydrogen) atoms. The van der Waals surface area contributed by atoms with E-state index in [9.17, 15) is 39.6 Å². The van der Waals surface area contributed by atoms with E-state index in [1.807, 2.05) is 0 Å². The normalized spacial score (nSPS) is 37.1. The topological polar surface area (TPSA) is 188 Å². The molecule has 2 unspecified atom stereocenters. The summed E-state index contributed by atoms with van der Waals surface area (Å²) in [4.78, 5) is 55.5. The van der Waals surface area contributed by atoms with E-state index in [4.69, 9.17) is 10.5 Å². The Morgan fingerprint density at radius 3 is 2.42 bits per heavy atom. The smallest absolute Gasteiger partial charge is 0.309 e. The van der Waals surface area contributed by atoms with Crippen molar-refractivity contribution in [2.24, 2.45) is 29.4 Å². The van der Waals surface area contributed by atoms with Crippen LogP contribution in [0.15, 0.2) is 35.1 Å². The molecule has 8 atom stereocenters. The maximum absolute atomic E-state index is 14.4. The predicted octanol–water partition coefficient (Wildman–Crippen LogP) is 1.24. The van der Waals surface area contributed by atoms with Crippen LogP contribution in [0.3, 0.4) is 0 Å². The lowest BCUT2D eigenvalue weighted by atomic mass is 9.52. The van der Waals surface area contributed by atoms with Crippen molar-refractivity contribution in [3.63, 3.8) is 0 Å². The van der Waals surface area contributed by atoms with Crippen LogP contribution in [-0.4, -0.2) is 80.6 Å². The summed E-state index contributed by atoms with van der Waals surface area (Å²) in [5, 5.41) is 45.7. The van der Waals surface area contributed by atoms with Gasteiger partial charge in [-0.05, 0) is 50.4 Å². The van der Waals surface area contributed by atoms with Gasteiger partial charge in [-0.2, -0.15) is 0 Å². The van der Waals surface area contributed by atoms with Gasteiger partial charge in [-0.3, -0.25) is 24.1 Å². The number of nitrogens with two attached hydrogens (primary N) is 1. The van der Waals surface area contributed by atoms with Gasteiger partial charge in [0.05, 0.1) is 23.4 Å². The van der Waals surface area contributed by atoms with Crippen molar-refractivity contribution in [1.82, 2.24) is 4.90 Å². The standard InChI is InChI=1S/C29H32N2O9/c1-31(2)21-20-24-17-15(11-7-4-3-5-8-12(11)28(38)40-24)13-9-6-10-14(32)16(13)22(33)18(17)25(35)29(20,39)26(36)19(23(21)34)27(30)37/h6,9-12,15,17,20-21,24,32-33,36,39H,3-5,7-8H2,1-2H3,(H2,30,37)/t11?,12?,15-,17+,20+,21-,24-,29-/m0/s1. The van der Waals surface area contributed by atoms with E-state index in [2.05, 4.69) is 0 Å². The number of rotatable bonds is 2. The average molecular weight is 553 g/mol. The quantitative estimate of drug-likeness (QED) is 0.264. The van der Waals surface area contributed by atoms with E-state index < -0.39 is 82.0 Å². The van der Waals surface area contributed by atoms with Gasteiger partial charge in [-0.1, -0.05) is 31.4 Å². The number of amides is 1. The molecule has 3 fully saturated rings. The Balaban J connectivity index is 1.71. The first-order valence-corrected chi connectivity index (χ1v) is 13.6. The molecule has 1 aromatic rings. The highest BCUT2D eigenvalue weighted by Gasteiger charge is 2.71. The van der Waals surface area contributed by atoms with Gasteiger partial charge in [0.1, 0.15) is 28.9 Å². The molecule has 1 amide bonds. The second-order valence-corrected chi connectivity index (χ2v) is 11.8. The van der Waals surface area contributed by atoms with E-state index in [-0.39, 0.29) is 22.8 Å². The Labute approximate surface area is 229 Å². The second kappa shape index (κ2) is 8.90. The third-order valence-corrected chi connectivity index (χ3v) is 9.77.